The quantitative estimate of drug-likeness (QED) is 0.0960. The van der Waals surface area contributed by atoms with Crippen molar-refractivity contribution in [3.8, 4) is 56.7 Å². The number of nitrogens with zero attached hydrogens (tertiary/aromatic N) is 2. The number of phenols is 1. The normalized spacial score (nSPS) is 10.4. The zero-order chi connectivity index (χ0) is 33.2. The van der Waals surface area contributed by atoms with Crippen LogP contribution in [0.2, 0.25) is 0 Å². The number of phenolic OH excluding ortho intramolecular Hbond substituents is 1. The van der Waals surface area contributed by atoms with Crippen LogP contribution >= 0.6 is 0 Å². The second-order valence-electron chi connectivity index (χ2n) is 10.0. The zero-order valence-corrected chi connectivity index (χ0v) is 25.1. The molecule has 5 N–H and O–H groups in total. The number of aromatic nitrogens is 2. The van der Waals surface area contributed by atoms with Crippen LogP contribution in [0.3, 0.4) is 0 Å². The molecule has 12 nitrogen and oxygen atoms in total. The highest BCUT2D eigenvalue weighted by molar-refractivity contribution is 5.81. The lowest BCUT2D eigenvalue weighted by Crippen LogP contribution is -2.20. The van der Waals surface area contributed by atoms with Gasteiger partial charge in [-0.3, -0.25) is 20.0 Å². The number of hydrogen-bond acceptors (Lipinski definition) is 10. The molecule has 0 fully saturated rings. The van der Waals surface area contributed by atoms with Gasteiger partial charge in [-0.05, 0) is 48.5 Å². The van der Waals surface area contributed by atoms with Crippen molar-refractivity contribution < 1.29 is 38.7 Å². The first-order chi connectivity index (χ1) is 22.9. The Hall–Kier alpha value is -6.24. The maximum Gasteiger partial charge on any atom is 0.252 e. The number of carbonyl (C=O) groups is 2. The van der Waals surface area contributed by atoms with E-state index in [1.165, 1.54) is 0 Å². The van der Waals surface area contributed by atoms with Gasteiger partial charge in [-0.25, -0.2) is 20.9 Å². The Morgan fingerprint density at radius 2 is 1.02 bits per heavy atom. The van der Waals surface area contributed by atoms with Crippen LogP contribution < -0.4 is 15.7 Å². The summed E-state index contributed by atoms with van der Waals surface area (Å²) in [6, 6.07) is 32.9. The van der Waals surface area contributed by atoms with E-state index in [0.717, 1.165) is 28.0 Å². The Kier molecular flexibility index (Phi) is 10.4. The average molecular weight is 635 g/mol. The number of hydrogen-bond donors (Lipinski definition) is 5. The molecule has 0 spiro atoms. The fourth-order valence-corrected chi connectivity index (χ4v) is 4.56. The molecular formula is C35H30N4O8. The number of benzene rings is 4. The summed E-state index contributed by atoms with van der Waals surface area (Å²) in [5, 5.41) is 26.7. The lowest BCUT2D eigenvalue weighted by molar-refractivity contribution is -0.129. The molecule has 4 aromatic carbocycles. The van der Waals surface area contributed by atoms with Gasteiger partial charge < -0.3 is 18.7 Å². The molecule has 238 valence electrons. The number of oxazole rings is 2. The third-order valence-corrected chi connectivity index (χ3v) is 6.79. The van der Waals surface area contributed by atoms with Gasteiger partial charge in [-0.15, -0.1) is 0 Å². The van der Waals surface area contributed by atoms with Gasteiger partial charge in [0.2, 0.25) is 11.8 Å². The number of ether oxygens (including phenoxy) is 1. The van der Waals surface area contributed by atoms with E-state index in [4.69, 9.17) is 24.0 Å². The van der Waals surface area contributed by atoms with Crippen molar-refractivity contribution in [2.24, 2.45) is 0 Å². The van der Waals surface area contributed by atoms with Crippen LogP contribution in [0.5, 0.6) is 11.5 Å². The molecule has 2 aromatic heterocycles. The van der Waals surface area contributed by atoms with Crippen LogP contribution in [0.1, 0.15) is 11.8 Å². The number of methoxy groups -OCH3 is 1. The van der Waals surface area contributed by atoms with Gasteiger partial charge in [0.1, 0.15) is 35.7 Å². The number of hydroxylamine groups is 2. The Balaban J connectivity index is 0.000000185. The molecule has 0 aliphatic carbocycles. The predicted molar refractivity (Wildman–Crippen MR) is 170 cm³/mol. The van der Waals surface area contributed by atoms with Crippen LogP contribution in [-0.2, 0) is 22.4 Å². The first kappa shape index (κ1) is 32.2. The first-order valence-electron chi connectivity index (χ1n) is 14.3. The lowest BCUT2D eigenvalue weighted by atomic mass is 10.1. The highest BCUT2D eigenvalue weighted by atomic mass is 16.5. The molecule has 47 heavy (non-hydrogen) atoms. The topological polar surface area (TPSA) is 180 Å². The summed E-state index contributed by atoms with van der Waals surface area (Å²) in [5.41, 5.74) is 7.64. The van der Waals surface area contributed by atoms with E-state index < -0.39 is 11.8 Å². The molecule has 0 radical (unpaired) electrons. The summed E-state index contributed by atoms with van der Waals surface area (Å²) in [6.45, 7) is 0. The second-order valence-corrected chi connectivity index (χ2v) is 10.0. The monoisotopic (exact) mass is 634 g/mol. The molecule has 0 saturated carbocycles. The molecule has 2 amide bonds. The highest BCUT2D eigenvalue weighted by Crippen LogP contribution is 2.35. The Morgan fingerprint density at radius 3 is 1.40 bits per heavy atom. The third-order valence-electron chi connectivity index (χ3n) is 6.79. The molecule has 0 aliphatic heterocycles. The lowest BCUT2D eigenvalue weighted by Gasteiger charge is -2.03. The summed E-state index contributed by atoms with van der Waals surface area (Å²) < 4.78 is 16.6. The molecular weight excluding hydrogens is 604 g/mol. The Bertz CT molecular complexity index is 1920. The van der Waals surface area contributed by atoms with E-state index in [-0.39, 0.29) is 30.4 Å². The van der Waals surface area contributed by atoms with Gasteiger partial charge in [0, 0.05) is 22.3 Å². The number of aromatic hydroxyl groups is 1. The minimum atomic E-state index is -0.608. The van der Waals surface area contributed by atoms with Crippen molar-refractivity contribution >= 4 is 11.8 Å². The smallest absolute Gasteiger partial charge is 0.252 e. The molecule has 0 bridgehead atoms. The van der Waals surface area contributed by atoms with E-state index in [2.05, 4.69) is 9.97 Å². The molecule has 0 atom stereocenters. The fraction of sp³-hybridized carbons (Fsp3) is 0.0857. The summed E-state index contributed by atoms with van der Waals surface area (Å²) >= 11 is 0. The molecule has 2 heterocycles. The van der Waals surface area contributed by atoms with Crippen molar-refractivity contribution in [1.29, 1.82) is 0 Å². The zero-order valence-electron chi connectivity index (χ0n) is 25.1. The Morgan fingerprint density at radius 1 is 0.617 bits per heavy atom. The fourth-order valence-electron chi connectivity index (χ4n) is 4.56. The molecule has 0 saturated heterocycles. The average Bonchev–Trinajstić information content (AvgIpc) is 3.74. The standard InChI is InChI=1S/C18H16N2O4.C17H14N2O4/c1-23-14-9-7-13(8-10-14)18-17(12-5-3-2-4-6-12)19-16(24-18)11-15(21)20-22;20-13-8-6-12(7-9-13)17-16(11-4-2-1-3-5-11)18-15(23-17)10-14(21)19-22/h2-10,22H,11H2,1H3,(H,20,21);1-9,20,22H,10H2,(H,19,21). The van der Waals surface area contributed by atoms with Gasteiger partial charge in [0.15, 0.2) is 11.5 Å². The third kappa shape index (κ3) is 8.08. The Labute approximate surface area is 268 Å². The van der Waals surface area contributed by atoms with E-state index in [1.54, 1.807) is 42.3 Å². The van der Waals surface area contributed by atoms with Crippen LogP contribution in [0.4, 0.5) is 0 Å². The van der Waals surface area contributed by atoms with Crippen LogP contribution in [0.25, 0.3) is 45.2 Å². The van der Waals surface area contributed by atoms with Crippen LogP contribution in [0, 0.1) is 0 Å². The summed E-state index contributed by atoms with van der Waals surface area (Å²) in [6.07, 6.45) is -0.319. The molecule has 12 heteroatoms. The van der Waals surface area contributed by atoms with E-state index >= 15 is 0 Å². The van der Waals surface area contributed by atoms with Crippen molar-refractivity contribution in [3.63, 3.8) is 0 Å². The van der Waals surface area contributed by atoms with Gasteiger partial charge in [-0.2, -0.15) is 0 Å². The summed E-state index contributed by atoms with van der Waals surface area (Å²) in [5.74, 6) is 1.17. The second kappa shape index (κ2) is 15.2. The maximum absolute atomic E-state index is 11.4. The van der Waals surface area contributed by atoms with Gasteiger partial charge in [-0.1, -0.05) is 60.7 Å². The largest absolute Gasteiger partial charge is 0.508 e. The number of carbonyl (C=O) groups excluding carboxylic acids is 2. The van der Waals surface area contributed by atoms with Gasteiger partial charge in [0.25, 0.3) is 11.8 Å². The van der Waals surface area contributed by atoms with Crippen molar-refractivity contribution in [3.05, 3.63) is 121 Å². The van der Waals surface area contributed by atoms with Gasteiger partial charge in [0.05, 0.1) is 7.11 Å². The minimum absolute atomic E-state index is 0.146. The number of rotatable bonds is 9. The predicted octanol–water partition coefficient (Wildman–Crippen LogP) is 5.83. The molecule has 0 unspecified atom stereocenters. The van der Waals surface area contributed by atoms with Crippen LogP contribution in [0.15, 0.2) is 118 Å². The van der Waals surface area contributed by atoms with Crippen molar-refractivity contribution in [1.82, 2.24) is 20.9 Å². The number of amides is 2. The minimum Gasteiger partial charge on any atom is -0.508 e. The molecule has 6 aromatic rings. The van der Waals surface area contributed by atoms with E-state index in [0.29, 0.717) is 22.9 Å². The first-order valence-corrected chi connectivity index (χ1v) is 14.3. The van der Waals surface area contributed by atoms with Crippen molar-refractivity contribution in [2.75, 3.05) is 7.11 Å². The molecule has 0 aliphatic rings. The maximum atomic E-state index is 11.4. The highest BCUT2D eigenvalue weighted by Gasteiger charge is 2.20. The van der Waals surface area contributed by atoms with Crippen molar-refractivity contribution in [2.45, 2.75) is 12.8 Å². The van der Waals surface area contributed by atoms with Crippen LogP contribution in [-0.4, -0.2) is 44.4 Å². The SMILES string of the molecule is COc1ccc(-c2oc(CC(=O)NO)nc2-c2ccccc2)cc1.O=C(Cc1nc(-c2ccccc2)c(-c2ccc(O)cc2)o1)NO. The number of nitrogens with one attached hydrogen (secondary N) is 2. The van der Waals surface area contributed by atoms with E-state index in [9.17, 15) is 14.7 Å². The molecule has 6 rings (SSSR count). The van der Waals surface area contributed by atoms with E-state index in [1.807, 2.05) is 84.9 Å². The summed E-state index contributed by atoms with van der Waals surface area (Å²) in [4.78, 5) is 31.5. The summed E-state index contributed by atoms with van der Waals surface area (Å²) in [7, 11) is 1.60. The van der Waals surface area contributed by atoms with Gasteiger partial charge >= 0.3 is 0 Å².